The van der Waals surface area contributed by atoms with Gasteiger partial charge in [-0.2, -0.15) is 10.1 Å². The molecule has 1 atom stereocenters. The first-order valence-electron chi connectivity index (χ1n) is 9.08. The lowest BCUT2D eigenvalue weighted by atomic mass is 10.1. The summed E-state index contributed by atoms with van der Waals surface area (Å²) in [5.41, 5.74) is 0.992. The molecule has 1 saturated heterocycles. The zero-order valence-corrected chi connectivity index (χ0v) is 16.0. The molecule has 1 unspecified atom stereocenters. The highest BCUT2D eigenvalue weighted by molar-refractivity contribution is 6.21. The quantitative estimate of drug-likeness (QED) is 0.467. The predicted octanol–water partition coefficient (Wildman–Crippen LogP) is -1.48. The summed E-state index contributed by atoms with van der Waals surface area (Å²) >= 11 is 0. The number of aliphatic imine (C=N–C) groups is 1. The Hall–Kier alpha value is -3.70. The van der Waals surface area contributed by atoms with Crippen LogP contribution in [0.4, 0.5) is 4.79 Å². The van der Waals surface area contributed by atoms with Crippen molar-refractivity contribution in [2.45, 2.75) is 18.9 Å². The smallest absolute Gasteiger partial charge is 0.333 e. The number of imide groups is 1. The molecular weight excluding hydrogens is 378 g/mol. The standard InChI is InChI=1S/C17H19N9O3/c1-23-14-13(15(28)24(2)17(23)29)25(10-21-14)8-12(27)18-5-3-4-11-6-19-16-20-9-22-26(16)7-11/h6-7,9-10,13H,3-5,8H2,1-2H3/p+1. The maximum Gasteiger partial charge on any atom is 0.333 e. The topological polar surface area (TPSA) is 128 Å². The van der Waals surface area contributed by atoms with Crippen molar-refractivity contribution in [2.24, 2.45) is 4.99 Å². The summed E-state index contributed by atoms with van der Waals surface area (Å²) < 4.78 is 3.14. The molecule has 4 amide bonds. The number of nitrogens with one attached hydrogen (secondary N) is 1. The van der Waals surface area contributed by atoms with E-state index in [0.29, 0.717) is 18.2 Å². The summed E-state index contributed by atoms with van der Waals surface area (Å²) in [5.74, 6) is 0.254. The summed E-state index contributed by atoms with van der Waals surface area (Å²) in [6, 6.07) is -1.20. The van der Waals surface area contributed by atoms with E-state index < -0.39 is 18.0 Å². The van der Waals surface area contributed by atoms with Gasteiger partial charge in [-0.3, -0.25) is 19.4 Å². The fourth-order valence-corrected chi connectivity index (χ4v) is 3.30. The van der Waals surface area contributed by atoms with Crippen LogP contribution in [0.2, 0.25) is 0 Å². The van der Waals surface area contributed by atoms with E-state index in [4.69, 9.17) is 0 Å². The fraction of sp³-hybridized carbons (Fsp3) is 0.412. The van der Waals surface area contributed by atoms with Gasteiger partial charge in [0.15, 0.2) is 6.54 Å². The van der Waals surface area contributed by atoms with Gasteiger partial charge >= 0.3 is 6.03 Å². The zero-order chi connectivity index (χ0) is 20.5. The summed E-state index contributed by atoms with van der Waals surface area (Å²) in [4.78, 5) is 51.4. The number of aromatic nitrogens is 4. The molecule has 12 heteroatoms. The summed E-state index contributed by atoms with van der Waals surface area (Å²) in [7, 11) is 2.97. The molecule has 0 bridgehead atoms. The van der Waals surface area contributed by atoms with Crippen molar-refractivity contribution in [1.82, 2.24) is 34.7 Å². The largest absolute Gasteiger partial charge is 0.353 e. The Kier molecular flexibility index (Phi) is 4.74. The number of rotatable bonds is 6. The first-order chi connectivity index (χ1) is 14.0. The van der Waals surface area contributed by atoms with Gasteiger partial charge in [-0.15, -0.1) is 0 Å². The van der Waals surface area contributed by atoms with Crippen molar-refractivity contribution in [1.29, 1.82) is 0 Å². The fourth-order valence-electron chi connectivity index (χ4n) is 3.30. The number of hydrogen-bond acceptors (Lipinski definition) is 7. The number of aryl methyl sites for hydroxylation is 1. The molecule has 0 saturated carbocycles. The molecule has 2 aliphatic heterocycles. The number of hydrogen-bond donors (Lipinski definition) is 1. The summed E-state index contributed by atoms with van der Waals surface area (Å²) in [5, 5.41) is 6.89. The number of likely N-dealkylation sites (N-methyl/N-ethyl adjacent to an activating group) is 2. The van der Waals surface area contributed by atoms with Crippen LogP contribution < -0.4 is 5.32 Å². The maximum atomic E-state index is 12.4. The van der Waals surface area contributed by atoms with Crippen molar-refractivity contribution in [3.8, 4) is 0 Å². The molecule has 29 heavy (non-hydrogen) atoms. The third-order valence-corrected chi connectivity index (χ3v) is 4.88. The predicted molar refractivity (Wildman–Crippen MR) is 100 cm³/mol. The first-order valence-corrected chi connectivity index (χ1v) is 9.08. The van der Waals surface area contributed by atoms with Crippen molar-refractivity contribution in [3.63, 3.8) is 0 Å². The van der Waals surface area contributed by atoms with Gasteiger partial charge in [-0.05, 0) is 23.4 Å². The lowest BCUT2D eigenvalue weighted by molar-refractivity contribution is -0.519. The number of carbonyl (C=O) groups is 3. The molecule has 1 N–H and O–H groups in total. The minimum atomic E-state index is -0.756. The minimum absolute atomic E-state index is 0.0221. The zero-order valence-electron chi connectivity index (χ0n) is 16.0. The van der Waals surface area contributed by atoms with E-state index in [-0.39, 0.29) is 12.5 Å². The monoisotopic (exact) mass is 398 g/mol. The van der Waals surface area contributed by atoms with Crippen LogP contribution in [0.3, 0.4) is 0 Å². The average molecular weight is 398 g/mol. The van der Waals surface area contributed by atoms with Crippen molar-refractivity contribution in [3.05, 3.63) is 24.3 Å². The molecule has 0 aliphatic carbocycles. The molecule has 0 radical (unpaired) electrons. The van der Waals surface area contributed by atoms with E-state index in [1.807, 2.05) is 6.20 Å². The molecule has 0 aromatic carbocycles. The molecule has 1 fully saturated rings. The Morgan fingerprint density at radius 3 is 2.90 bits per heavy atom. The Balaban J connectivity index is 1.27. The number of amides is 4. The molecular formula is C17H20N9O3+. The second-order valence-electron chi connectivity index (χ2n) is 6.84. The van der Waals surface area contributed by atoms with Crippen LogP contribution in [0.5, 0.6) is 0 Å². The third kappa shape index (κ3) is 3.44. The number of carbonyl (C=O) groups excluding carboxylic acids is 3. The van der Waals surface area contributed by atoms with Crippen molar-refractivity contribution >= 4 is 35.8 Å². The molecule has 4 heterocycles. The highest BCUT2D eigenvalue weighted by atomic mass is 16.2. The molecule has 2 aliphatic rings. The molecule has 4 rings (SSSR count). The lowest BCUT2D eigenvalue weighted by Gasteiger charge is -2.30. The molecule has 2 aromatic rings. The second-order valence-corrected chi connectivity index (χ2v) is 6.84. The van der Waals surface area contributed by atoms with Gasteiger partial charge in [0.05, 0.1) is 0 Å². The number of urea groups is 1. The maximum absolute atomic E-state index is 12.4. The van der Waals surface area contributed by atoms with E-state index >= 15 is 0 Å². The average Bonchev–Trinajstić information content (AvgIpc) is 3.34. The van der Waals surface area contributed by atoms with E-state index in [0.717, 1.165) is 23.3 Å². The van der Waals surface area contributed by atoms with Crippen LogP contribution >= 0.6 is 0 Å². The normalized spacial score (nSPS) is 18.8. The minimum Gasteiger partial charge on any atom is -0.353 e. The Labute approximate surface area is 165 Å². The summed E-state index contributed by atoms with van der Waals surface area (Å²) in [6.07, 6.45) is 7.93. The second kappa shape index (κ2) is 7.37. The molecule has 2 aromatic heterocycles. The van der Waals surface area contributed by atoms with Crippen LogP contribution in [0.25, 0.3) is 5.78 Å². The lowest BCUT2D eigenvalue weighted by Crippen LogP contribution is -2.62. The van der Waals surface area contributed by atoms with Gasteiger partial charge in [0.1, 0.15) is 6.33 Å². The SMILES string of the molecule is CN1C(=O)C2C(=NC=[N+]2CC(=O)NCCCc2cnc3ncnn3c2)N(C)C1=O. The van der Waals surface area contributed by atoms with Gasteiger partial charge < -0.3 is 5.32 Å². The first kappa shape index (κ1) is 18.7. The Morgan fingerprint density at radius 2 is 2.07 bits per heavy atom. The van der Waals surface area contributed by atoms with Gasteiger partial charge in [0, 0.05) is 33.0 Å². The van der Waals surface area contributed by atoms with E-state index in [1.165, 1.54) is 29.2 Å². The van der Waals surface area contributed by atoms with Gasteiger partial charge in [-0.25, -0.2) is 18.9 Å². The van der Waals surface area contributed by atoms with Gasteiger partial charge in [0.2, 0.25) is 0 Å². The van der Waals surface area contributed by atoms with Gasteiger partial charge in [0.25, 0.3) is 35.8 Å². The van der Waals surface area contributed by atoms with E-state index in [1.54, 1.807) is 17.8 Å². The van der Waals surface area contributed by atoms with Crippen LogP contribution in [0.15, 0.2) is 23.7 Å². The molecule has 0 spiro atoms. The molecule has 150 valence electrons. The van der Waals surface area contributed by atoms with E-state index in [2.05, 4.69) is 25.4 Å². The van der Waals surface area contributed by atoms with Crippen LogP contribution in [-0.4, -0.2) is 97.2 Å². The van der Waals surface area contributed by atoms with Crippen LogP contribution in [0, 0.1) is 0 Å². The Bertz CT molecular complexity index is 1060. The number of fused-ring (bicyclic) bond motifs is 2. The van der Waals surface area contributed by atoms with Crippen molar-refractivity contribution in [2.75, 3.05) is 27.2 Å². The highest BCUT2D eigenvalue weighted by Gasteiger charge is 2.50. The molecule has 12 nitrogen and oxygen atoms in total. The summed E-state index contributed by atoms with van der Waals surface area (Å²) in [6.45, 7) is 0.457. The van der Waals surface area contributed by atoms with E-state index in [9.17, 15) is 14.4 Å². The Morgan fingerprint density at radius 1 is 1.24 bits per heavy atom. The highest BCUT2D eigenvalue weighted by Crippen LogP contribution is 2.16. The van der Waals surface area contributed by atoms with Crippen LogP contribution in [-0.2, 0) is 16.0 Å². The third-order valence-electron chi connectivity index (χ3n) is 4.88. The number of amidine groups is 1. The van der Waals surface area contributed by atoms with Crippen LogP contribution in [0.1, 0.15) is 12.0 Å². The number of nitrogens with zero attached hydrogens (tertiary/aromatic N) is 8. The van der Waals surface area contributed by atoms with Gasteiger partial charge in [-0.1, -0.05) is 0 Å². The van der Waals surface area contributed by atoms with Crippen molar-refractivity contribution < 1.29 is 19.0 Å².